The molecule has 0 aliphatic rings. The van der Waals surface area contributed by atoms with Crippen LogP contribution >= 0.6 is 11.6 Å². The minimum atomic E-state index is -3.83. The van der Waals surface area contributed by atoms with Crippen molar-refractivity contribution in [3.8, 4) is 0 Å². The second kappa shape index (κ2) is 7.45. The predicted octanol–water partition coefficient (Wildman–Crippen LogP) is 3.90. The van der Waals surface area contributed by atoms with Crippen LogP contribution in [0, 0.1) is 13.8 Å². The molecule has 0 saturated heterocycles. The molecule has 0 aliphatic heterocycles. The summed E-state index contributed by atoms with van der Waals surface area (Å²) in [6, 6.07) is 9.35. The summed E-state index contributed by atoms with van der Waals surface area (Å²) in [6.07, 6.45) is 0. The van der Waals surface area contributed by atoms with E-state index >= 15 is 0 Å². The van der Waals surface area contributed by atoms with Crippen LogP contribution in [0.3, 0.4) is 0 Å². The van der Waals surface area contributed by atoms with Gasteiger partial charge in [0, 0.05) is 16.6 Å². The number of aryl methyl sites for hydroxylation is 2. The minimum absolute atomic E-state index is 0.0173. The lowest BCUT2D eigenvalue weighted by Gasteiger charge is -2.13. The summed E-state index contributed by atoms with van der Waals surface area (Å²) in [6.45, 7) is 7.28. The summed E-state index contributed by atoms with van der Waals surface area (Å²) in [5.74, 6) is -0.303. The Bertz CT molecular complexity index is 909. The first-order valence-electron chi connectivity index (χ1n) is 7.80. The maximum Gasteiger partial charge on any atom is 0.261 e. The normalized spacial score (nSPS) is 11.4. The number of nitrogens with one attached hydrogen (secondary N) is 2. The van der Waals surface area contributed by atoms with E-state index in [1.54, 1.807) is 31.2 Å². The van der Waals surface area contributed by atoms with Gasteiger partial charge in [-0.3, -0.25) is 9.52 Å². The van der Waals surface area contributed by atoms with Crippen LogP contribution < -0.4 is 10.0 Å². The number of anilines is 1. The van der Waals surface area contributed by atoms with Crippen molar-refractivity contribution in [2.45, 2.75) is 38.6 Å². The van der Waals surface area contributed by atoms with Crippen LogP contribution in [0.2, 0.25) is 5.02 Å². The number of carbonyl (C=O) groups excluding carboxylic acids is 1. The molecule has 2 aromatic rings. The summed E-state index contributed by atoms with van der Waals surface area (Å²) in [5, 5.41) is 3.24. The Balaban J connectivity index is 2.36. The molecule has 0 aliphatic carbocycles. The first-order valence-corrected chi connectivity index (χ1v) is 9.67. The zero-order valence-corrected chi connectivity index (χ0v) is 16.1. The number of hydrogen-bond donors (Lipinski definition) is 2. The van der Waals surface area contributed by atoms with E-state index in [-0.39, 0.29) is 16.8 Å². The van der Waals surface area contributed by atoms with Crippen LogP contribution in [-0.2, 0) is 10.0 Å². The van der Waals surface area contributed by atoms with Crippen molar-refractivity contribution in [2.75, 3.05) is 4.72 Å². The molecule has 25 heavy (non-hydrogen) atoms. The van der Waals surface area contributed by atoms with Crippen LogP contribution in [0.4, 0.5) is 5.69 Å². The van der Waals surface area contributed by atoms with Gasteiger partial charge < -0.3 is 5.32 Å². The lowest BCUT2D eigenvalue weighted by molar-refractivity contribution is 0.0942. The molecule has 0 heterocycles. The first-order chi connectivity index (χ1) is 11.6. The molecule has 0 bridgehead atoms. The number of benzene rings is 2. The van der Waals surface area contributed by atoms with Crippen LogP contribution in [0.1, 0.15) is 35.3 Å². The summed E-state index contributed by atoms with van der Waals surface area (Å²) >= 11 is 6.04. The van der Waals surface area contributed by atoms with Gasteiger partial charge in [-0.25, -0.2) is 8.42 Å². The highest BCUT2D eigenvalue weighted by atomic mass is 35.5. The largest absolute Gasteiger partial charge is 0.350 e. The third kappa shape index (κ3) is 4.74. The smallest absolute Gasteiger partial charge is 0.261 e. The lowest BCUT2D eigenvalue weighted by Crippen LogP contribution is -2.30. The second-order valence-corrected chi connectivity index (χ2v) is 8.26. The third-order valence-electron chi connectivity index (χ3n) is 3.61. The van der Waals surface area contributed by atoms with Gasteiger partial charge in [0.2, 0.25) is 0 Å². The molecular formula is C18H21ClN2O3S. The van der Waals surface area contributed by atoms with E-state index in [0.29, 0.717) is 21.8 Å². The molecule has 0 spiro atoms. The SMILES string of the molecule is Cc1ccc(NS(=O)(=O)c2ccc(C)c(C(=O)NC(C)C)c2)cc1Cl. The quantitative estimate of drug-likeness (QED) is 0.826. The summed E-state index contributed by atoms with van der Waals surface area (Å²) in [7, 11) is -3.83. The first kappa shape index (κ1) is 19.3. The van der Waals surface area contributed by atoms with Crippen LogP contribution in [0.25, 0.3) is 0 Å². The molecule has 2 rings (SSSR count). The second-order valence-electron chi connectivity index (χ2n) is 6.17. The molecule has 0 saturated carbocycles. The van der Waals surface area contributed by atoms with Gasteiger partial charge in [-0.2, -0.15) is 0 Å². The minimum Gasteiger partial charge on any atom is -0.350 e. The lowest BCUT2D eigenvalue weighted by atomic mass is 10.1. The Hall–Kier alpha value is -2.05. The van der Waals surface area contributed by atoms with Gasteiger partial charge >= 0.3 is 0 Å². The summed E-state index contributed by atoms with van der Waals surface area (Å²) in [5.41, 5.74) is 2.26. The average molecular weight is 381 g/mol. The fraction of sp³-hybridized carbons (Fsp3) is 0.278. The molecule has 134 valence electrons. The van der Waals surface area contributed by atoms with Gasteiger partial charge in [0.25, 0.3) is 15.9 Å². The van der Waals surface area contributed by atoms with Crippen molar-refractivity contribution in [1.82, 2.24) is 5.32 Å². The molecule has 0 fully saturated rings. The van der Waals surface area contributed by atoms with E-state index in [1.807, 2.05) is 20.8 Å². The number of carbonyl (C=O) groups is 1. The van der Waals surface area contributed by atoms with E-state index in [0.717, 1.165) is 5.56 Å². The zero-order chi connectivity index (χ0) is 18.8. The maximum absolute atomic E-state index is 12.6. The molecule has 0 unspecified atom stereocenters. The molecule has 5 nitrogen and oxygen atoms in total. The van der Waals surface area contributed by atoms with Gasteiger partial charge in [-0.15, -0.1) is 0 Å². The molecule has 0 atom stereocenters. The van der Waals surface area contributed by atoms with E-state index in [4.69, 9.17) is 11.6 Å². The van der Waals surface area contributed by atoms with Crippen molar-refractivity contribution in [2.24, 2.45) is 0 Å². The van der Waals surface area contributed by atoms with Crippen molar-refractivity contribution >= 4 is 33.2 Å². The Morgan fingerprint density at radius 3 is 2.28 bits per heavy atom. The third-order valence-corrected chi connectivity index (χ3v) is 5.39. The number of sulfonamides is 1. The van der Waals surface area contributed by atoms with Crippen LogP contribution in [-0.4, -0.2) is 20.4 Å². The van der Waals surface area contributed by atoms with E-state index in [2.05, 4.69) is 10.0 Å². The fourth-order valence-corrected chi connectivity index (χ4v) is 3.48. The molecular weight excluding hydrogens is 360 g/mol. The van der Waals surface area contributed by atoms with Crippen LogP contribution in [0.15, 0.2) is 41.3 Å². The topological polar surface area (TPSA) is 75.3 Å². The van der Waals surface area contributed by atoms with E-state index < -0.39 is 10.0 Å². The monoisotopic (exact) mass is 380 g/mol. The average Bonchev–Trinajstić information content (AvgIpc) is 2.50. The summed E-state index contributed by atoms with van der Waals surface area (Å²) < 4.78 is 27.7. The standard InChI is InChI=1S/C18H21ClN2O3S/c1-11(2)20-18(22)16-10-15(8-6-12(16)3)25(23,24)21-14-7-5-13(4)17(19)9-14/h5-11,21H,1-4H3,(H,20,22). The molecule has 2 N–H and O–H groups in total. The highest BCUT2D eigenvalue weighted by Crippen LogP contribution is 2.23. The van der Waals surface area contributed by atoms with Crippen molar-refractivity contribution in [3.05, 3.63) is 58.1 Å². The zero-order valence-electron chi connectivity index (χ0n) is 14.6. The Morgan fingerprint density at radius 1 is 1.04 bits per heavy atom. The van der Waals surface area contributed by atoms with E-state index in [9.17, 15) is 13.2 Å². The van der Waals surface area contributed by atoms with Gasteiger partial charge in [0.15, 0.2) is 0 Å². The Labute approximate surface area is 153 Å². The molecule has 0 aromatic heterocycles. The molecule has 0 radical (unpaired) electrons. The van der Waals surface area contributed by atoms with Crippen molar-refractivity contribution in [3.63, 3.8) is 0 Å². The van der Waals surface area contributed by atoms with Crippen molar-refractivity contribution < 1.29 is 13.2 Å². The fourth-order valence-electron chi connectivity index (χ4n) is 2.22. The Kier molecular flexibility index (Phi) is 5.75. The van der Waals surface area contributed by atoms with E-state index in [1.165, 1.54) is 12.1 Å². The highest BCUT2D eigenvalue weighted by molar-refractivity contribution is 7.92. The van der Waals surface area contributed by atoms with Gasteiger partial charge in [0.05, 0.1) is 10.6 Å². The predicted molar refractivity (Wildman–Crippen MR) is 101 cm³/mol. The number of rotatable bonds is 5. The Morgan fingerprint density at radius 2 is 1.68 bits per heavy atom. The van der Waals surface area contributed by atoms with Gasteiger partial charge in [0.1, 0.15) is 0 Å². The van der Waals surface area contributed by atoms with Crippen molar-refractivity contribution in [1.29, 1.82) is 0 Å². The van der Waals surface area contributed by atoms with Gasteiger partial charge in [-0.1, -0.05) is 23.7 Å². The summed E-state index contributed by atoms with van der Waals surface area (Å²) in [4.78, 5) is 12.3. The van der Waals surface area contributed by atoms with Gasteiger partial charge in [-0.05, 0) is 63.1 Å². The molecule has 2 aromatic carbocycles. The maximum atomic E-state index is 12.6. The molecule has 1 amide bonds. The number of halogens is 1. The molecule has 7 heteroatoms. The number of hydrogen-bond acceptors (Lipinski definition) is 3. The van der Waals surface area contributed by atoms with Crippen LogP contribution in [0.5, 0.6) is 0 Å². The highest BCUT2D eigenvalue weighted by Gasteiger charge is 2.19. The number of amides is 1.